The third-order valence-electron chi connectivity index (χ3n) is 2.78. The zero-order valence-corrected chi connectivity index (χ0v) is 9.88. The topological polar surface area (TPSA) is 58.2 Å². The van der Waals surface area contributed by atoms with Crippen LogP contribution in [0.2, 0.25) is 0 Å². The Bertz CT molecular complexity index is 455. The maximum Gasteiger partial charge on any atom is 0.228 e. The Morgan fingerprint density at radius 3 is 3.06 bits per heavy atom. The minimum Gasteiger partial charge on any atom is -0.326 e. The van der Waals surface area contributed by atoms with Gasteiger partial charge in [0.1, 0.15) is 5.78 Å². The van der Waals surface area contributed by atoms with Crippen molar-refractivity contribution >= 4 is 17.4 Å². The molecule has 1 heterocycles. The monoisotopic (exact) mass is 232 g/mol. The van der Waals surface area contributed by atoms with Crippen LogP contribution in [-0.4, -0.2) is 18.2 Å². The number of ketones is 1. The van der Waals surface area contributed by atoms with Gasteiger partial charge in [-0.1, -0.05) is 12.1 Å². The van der Waals surface area contributed by atoms with Gasteiger partial charge in [-0.05, 0) is 24.1 Å². The van der Waals surface area contributed by atoms with Crippen LogP contribution in [0, 0.1) is 0 Å². The number of hydrogen-bond acceptors (Lipinski definition) is 3. The minimum absolute atomic E-state index is 0.0571. The van der Waals surface area contributed by atoms with Gasteiger partial charge in [-0.2, -0.15) is 0 Å². The molecule has 0 bridgehead atoms. The molecular formula is C13H16N2O2. The summed E-state index contributed by atoms with van der Waals surface area (Å²) in [5, 5.41) is 6.01. The van der Waals surface area contributed by atoms with Crippen molar-refractivity contribution in [3.63, 3.8) is 0 Å². The van der Waals surface area contributed by atoms with Gasteiger partial charge in [0.15, 0.2) is 0 Å². The molecule has 4 nitrogen and oxygen atoms in total. The Kier molecular flexibility index (Phi) is 3.54. The lowest BCUT2D eigenvalue weighted by Crippen LogP contribution is -2.16. The van der Waals surface area contributed by atoms with E-state index in [2.05, 4.69) is 10.6 Å². The number of fused-ring (bicyclic) bond motifs is 1. The van der Waals surface area contributed by atoms with Crippen LogP contribution in [0.15, 0.2) is 18.2 Å². The summed E-state index contributed by atoms with van der Waals surface area (Å²) in [5.74, 6) is 0.253. The molecule has 0 atom stereocenters. The molecule has 90 valence electrons. The molecular weight excluding hydrogens is 216 g/mol. The van der Waals surface area contributed by atoms with Crippen molar-refractivity contribution in [1.82, 2.24) is 5.32 Å². The first kappa shape index (κ1) is 11.8. The normalized spacial score (nSPS) is 13.4. The van der Waals surface area contributed by atoms with Crippen molar-refractivity contribution in [2.24, 2.45) is 0 Å². The molecule has 0 fully saturated rings. The number of amides is 1. The van der Waals surface area contributed by atoms with Crippen LogP contribution in [0.25, 0.3) is 0 Å². The fraction of sp³-hybridized carbons (Fsp3) is 0.385. The van der Waals surface area contributed by atoms with E-state index in [-0.39, 0.29) is 11.7 Å². The van der Waals surface area contributed by atoms with Gasteiger partial charge in [-0.3, -0.25) is 9.59 Å². The number of rotatable bonds is 5. The van der Waals surface area contributed by atoms with E-state index in [0.717, 1.165) is 23.4 Å². The number of carbonyl (C=O) groups excluding carboxylic acids is 2. The highest BCUT2D eigenvalue weighted by Crippen LogP contribution is 2.23. The Morgan fingerprint density at radius 1 is 1.47 bits per heavy atom. The number of benzene rings is 1. The maximum absolute atomic E-state index is 11.2. The fourth-order valence-electron chi connectivity index (χ4n) is 1.89. The molecule has 1 amide bonds. The summed E-state index contributed by atoms with van der Waals surface area (Å²) in [5.41, 5.74) is 3.12. The third-order valence-corrected chi connectivity index (χ3v) is 2.78. The van der Waals surface area contributed by atoms with E-state index in [0.29, 0.717) is 19.4 Å². The highest BCUT2D eigenvalue weighted by Gasteiger charge is 2.16. The maximum atomic E-state index is 11.2. The summed E-state index contributed by atoms with van der Waals surface area (Å²) in [6.07, 6.45) is 1.03. The van der Waals surface area contributed by atoms with E-state index in [9.17, 15) is 9.59 Å². The molecule has 0 saturated heterocycles. The summed E-state index contributed by atoms with van der Waals surface area (Å²) in [7, 11) is 0. The SMILES string of the molecule is CC(=O)CCNCc1ccc2c(c1)CC(=O)N2. The van der Waals surface area contributed by atoms with Gasteiger partial charge in [0.25, 0.3) is 0 Å². The molecule has 0 unspecified atom stereocenters. The molecule has 1 aromatic carbocycles. The van der Waals surface area contributed by atoms with Crippen LogP contribution < -0.4 is 10.6 Å². The molecule has 1 aromatic rings. The van der Waals surface area contributed by atoms with Gasteiger partial charge in [-0.25, -0.2) is 0 Å². The van der Waals surface area contributed by atoms with Crippen molar-refractivity contribution in [2.75, 3.05) is 11.9 Å². The first-order valence-corrected chi connectivity index (χ1v) is 5.77. The van der Waals surface area contributed by atoms with Crippen molar-refractivity contribution in [1.29, 1.82) is 0 Å². The van der Waals surface area contributed by atoms with E-state index < -0.39 is 0 Å². The van der Waals surface area contributed by atoms with E-state index >= 15 is 0 Å². The summed E-state index contributed by atoms with van der Waals surface area (Å²) in [6, 6.07) is 5.96. The molecule has 0 saturated carbocycles. The number of carbonyl (C=O) groups is 2. The summed E-state index contributed by atoms with van der Waals surface area (Å²) in [4.78, 5) is 21.9. The zero-order valence-electron chi connectivity index (χ0n) is 9.88. The third kappa shape index (κ3) is 3.14. The second kappa shape index (κ2) is 5.10. The predicted molar refractivity (Wildman–Crippen MR) is 65.8 cm³/mol. The highest BCUT2D eigenvalue weighted by atomic mass is 16.1. The summed E-state index contributed by atoms with van der Waals surface area (Å²) < 4.78 is 0. The average molecular weight is 232 g/mol. The van der Waals surface area contributed by atoms with Crippen molar-refractivity contribution in [3.05, 3.63) is 29.3 Å². The van der Waals surface area contributed by atoms with Crippen LogP contribution in [0.3, 0.4) is 0 Å². The lowest BCUT2D eigenvalue weighted by atomic mass is 10.1. The largest absolute Gasteiger partial charge is 0.326 e. The van der Waals surface area contributed by atoms with Gasteiger partial charge in [0, 0.05) is 25.2 Å². The van der Waals surface area contributed by atoms with Crippen molar-refractivity contribution < 1.29 is 9.59 Å². The Morgan fingerprint density at radius 2 is 2.29 bits per heavy atom. The minimum atomic E-state index is 0.0571. The van der Waals surface area contributed by atoms with E-state index in [1.54, 1.807) is 6.92 Å². The smallest absolute Gasteiger partial charge is 0.228 e. The van der Waals surface area contributed by atoms with Crippen LogP contribution in [0.5, 0.6) is 0 Å². The number of Topliss-reactive ketones (excluding diaryl/α,β-unsaturated/α-hetero) is 1. The van der Waals surface area contributed by atoms with Crippen LogP contribution in [0.1, 0.15) is 24.5 Å². The molecule has 2 rings (SSSR count). The molecule has 4 heteroatoms. The number of hydrogen-bond donors (Lipinski definition) is 2. The van der Waals surface area contributed by atoms with Gasteiger partial charge in [0.2, 0.25) is 5.91 Å². The second-order valence-corrected chi connectivity index (χ2v) is 4.35. The molecule has 0 spiro atoms. The molecule has 1 aliphatic rings. The first-order valence-electron chi connectivity index (χ1n) is 5.77. The highest BCUT2D eigenvalue weighted by molar-refractivity contribution is 5.99. The predicted octanol–water partition coefficient (Wildman–Crippen LogP) is 1.25. The zero-order chi connectivity index (χ0) is 12.3. The molecule has 2 N–H and O–H groups in total. The van der Waals surface area contributed by atoms with E-state index in [1.807, 2.05) is 18.2 Å². The second-order valence-electron chi connectivity index (χ2n) is 4.35. The summed E-state index contributed by atoms with van der Waals surface area (Å²) >= 11 is 0. The molecule has 1 aliphatic heterocycles. The van der Waals surface area contributed by atoms with Gasteiger partial charge < -0.3 is 10.6 Å². The summed E-state index contributed by atoms with van der Waals surface area (Å²) in [6.45, 7) is 3.02. The number of anilines is 1. The van der Waals surface area contributed by atoms with Gasteiger partial charge in [-0.15, -0.1) is 0 Å². The van der Waals surface area contributed by atoms with Gasteiger partial charge >= 0.3 is 0 Å². The quantitative estimate of drug-likeness (QED) is 0.751. The fourth-order valence-corrected chi connectivity index (χ4v) is 1.89. The van der Waals surface area contributed by atoms with Crippen LogP contribution in [0.4, 0.5) is 5.69 Å². The number of nitrogens with one attached hydrogen (secondary N) is 2. The standard InChI is InChI=1S/C13H16N2O2/c1-9(16)4-5-14-8-10-2-3-12-11(6-10)7-13(17)15-12/h2-3,6,14H,4-5,7-8H2,1H3,(H,15,17). The first-order chi connectivity index (χ1) is 8.15. The van der Waals surface area contributed by atoms with Gasteiger partial charge in [0.05, 0.1) is 6.42 Å². The van der Waals surface area contributed by atoms with E-state index in [1.165, 1.54) is 0 Å². The Labute approximate surface area is 100 Å². The Balaban J connectivity index is 1.88. The lowest BCUT2D eigenvalue weighted by molar-refractivity contribution is -0.117. The molecule has 0 aliphatic carbocycles. The lowest BCUT2D eigenvalue weighted by Gasteiger charge is -2.05. The molecule has 0 aromatic heterocycles. The van der Waals surface area contributed by atoms with Crippen LogP contribution >= 0.6 is 0 Å². The molecule has 0 radical (unpaired) electrons. The molecule has 17 heavy (non-hydrogen) atoms. The average Bonchev–Trinajstić information content (AvgIpc) is 2.63. The van der Waals surface area contributed by atoms with Crippen LogP contribution in [-0.2, 0) is 22.6 Å². The van der Waals surface area contributed by atoms with Crippen molar-refractivity contribution in [3.8, 4) is 0 Å². The Hall–Kier alpha value is -1.68. The van der Waals surface area contributed by atoms with E-state index in [4.69, 9.17) is 0 Å². The van der Waals surface area contributed by atoms with Crippen molar-refractivity contribution in [2.45, 2.75) is 26.3 Å².